The van der Waals surface area contributed by atoms with Crippen molar-refractivity contribution in [1.29, 1.82) is 0 Å². The minimum Gasteiger partial charge on any atom is -0.393 e. The predicted molar refractivity (Wildman–Crippen MR) is 79.3 cm³/mol. The fourth-order valence-corrected chi connectivity index (χ4v) is 4.12. The average Bonchev–Trinajstić information content (AvgIpc) is 2.46. The lowest BCUT2D eigenvalue weighted by Gasteiger charge is -2.30. The van der Waals surface area contributed by atoms with E-state index in [1.807, 2.05) is 0 Å². The quantitative estimate of drug-likeness (QED) is 0.520. The first kappa shape index (κ1) is 15.7. The van der Waals surface area contributed by atoms with Crippen molar-refractivity contribution in [1.82, 2.24) is 4.31 Å². The Bertz CT molecular complexity index is 639. The maximum atomic E-state index is 12.6. The van der Waals surface area contributed by atoms with Crippen LogP contribution in [0.1, 0.15) is 32.1 Å². The molecule has 0 aromatic heterocycles. The van der Waals surface area contributed by atoms with E-state index >= 15 is 0 Å². The van der Waals surface area contributed by atoms with Crippen molar-refractivity contribution >= 4 is 21.4 Å². The zero-order valence-electron chi connectivity index (χ0n) is 11.9. The second-order valence-corrected chi connectivity index (χ2v) is 7.29. The number of sulfonamides is 1. The molecule has 0 atom stereocenters. The van der Waals surface area contributed by atoms with Gasteiger partial charge in [-0.3, -0.25) is 10.1 Å². The number of anilines is 1. The van der Waals surface area contributed by atoms with Gasteiger partial charge < -0.3 is 5.73 Å². The van der Waals surface area contributed by atoms with Gasteiger partial charge in [-0.05, 0) is 25.0 Å². The van der Waals surface area contributed by atoms with Gasteiger partial charge in [0.15, 0.2) is 0 Å². The molecule has 116 valence electrons. The van der Waals surface area contributed by atoms with Crippen LogP contribution in [0.5, 0.6) is 0 Å². The van der Waals surface area contributed by atoms with Crippen molar-refractivity contribution in [3.8, 4) is 0 Å². The van der Waals surface area contributed by atoms with Gasteiger partial charge in [0.05, 0.1) is 9.82 Å². The lowest BCUT2D eigenvalue weighted by Crippen LogP contribution is -2.38. The number of nitro groups is 1. The highest BCUT2D eigenvalue weighted by atomic mass is 32.2. The Labute approximate surface area is 123 Å². The predicted octanol–water partition coefficient (Wildman–Crippen LogP) is 2.13. The monoisotopic (exact) mass is 313 g/mol. The third kappa shape index (κ3) is 3.16. The largest absolute Gasteiger partial charge is 0.393 e. The van der Waals surface area contributed by atoms with Gasteiger partial charge in [-0.2, -0.15) is 4.31 Å². The topological polar surface area (TPSA) is 107 Å². The average molecular weight is 313 g/mol. The van der Waals surface area contributed by atoms with Gasteiger partial charge in [-0.25, -0.2) is 8.42 Å². The highest BCUT2D eigenvalue weighted by Gasteiger charge is 2.30. The van der Waals surface area contributed by atoms with Gasteiger partial charge >= 0.3 is 0 Å². The van der Waals surface area contributed by atoms with Crippen LogP contribution in [0.4, 0.5) is 11.4 Å². The summed E-state index contributed by atoms with van der Waals surface area (Å²) in [6, 6.07) is 3.52. The van der Waals surface area contributed by atoms with E-state index < -0.39 is 14.9 Å². The zero-order chi connectivity index (χ0) is 15.6. The molecule has 0 aliphatic heterocycles. The summed E-state index contributed by atoms with van der Waals surface area (Å²) in [7, 11) is -2.11. The van der Waals surface area contributed by atoms with E-state index in [9.17, 15) is 18.5 Å². The molecule has 0 unspecified atom stereocenters. The molecule has 2 N–H and O–H groups in total. The van der Waals surface area contributed by atoms with Crippen molar-refractivity contribution in [3.63, 3.8) is 0 Å². The molecular formula is C13H19N3O4S. The van der Waals surface area contributed by atoms with Gasteiger partial charge in [-0.1, -0.05) is 19.3 Å². The van der Waals surface area contributed by atoms with Crippen LogP contribution in [0.15, 0.2) is 23.1 Å². The molecule has 0 bridgehead atoms. The maximum Gasteiger partial charge on any atom is 0.292 e. The lowest BCUT2D eigenvalue weighted by atomic mass is 9.96. The molecule has 1 fully saturated rings. The summed E-state index contributed by atoms with van der Waals surface area (Å²) in [5.74, 6) is 0. The van der Waals surface area contributed by atoms with Crippen LogP contribution in [0, 0.1) is 10.1 Å². The summed E-state index contributed by atoms with van der Waals surface area (Å²) in [5, 5.41) is 10.7. The normalized spacial score (nSPS) is 17.0. The number of hydrogen-bond donors (Lipinski definition) is 1. The number of benzene rings is 1. The van der Waals surface area contributed by atoms with Gasteiger partial charge in [0.1, 0.15) is 5.69 Å². The van der Waals surface area contributed by atoms with Crippen LogP contribution in [-0.2, 0) is 10.0 Å². The molecule has 7 nitrogen and oxygen atoms in total. The number of hydrogen-bond acceptors (Lipinski definition) is 5. The van der Waals surface area contributed by atoms with Gasteiger partial charge in [0.2, 0.25) is 10.0 Å². The van der Waals surface area contributed by atoms with Crippen molar-refractivity contribution < 1.29 is 13.3 Å². The van der Waals surface area contributed by atoms with Crippen molar-refractivity contribution in [2.45, 2.75) is 43.0 Å². The van der Waals surface area contributed by atoms with Crippen molar-refractivity contribution in [2.24, 2.45) is 0 Å². The van der Waals surface area contributed by atoms with Crippen LogP contribution in [0.3, 0.4) is 0 Å². The van der Waals surface area contributed by atoms with E-state index in [1.54, 1.807) is 7.05 Å². The van der Waals surface area contributed by atoms with E-state index in [-0.39, 0.29) is 22.3 Å². The second kappa shape index (κ2) is 5.98. The maximum absolute atomic E-state index is 12.6. The molecule has 8 heteroatoms. The molecule has 0 radical (unpaired) electrons. The minimum absolute atomic E-state index is 0.00123. The standard InChI is InChI=1S/C13H19N3O4S/c1-15(10-5-3-2-4-6-10)21(19,20)11-7-8-13(16(17)18)12(14)9-11/h7-10H,2-6,14H2,1H3. The zero-order valence-corrected chi connectivity index (χ0v) is 12.7. The fraction of sp³-hybridized carbons (Fsp3) is 0.538. The molecule has 0 saturated heterocycles. The Morgan fingerprint density at radius 3 is 2.43 bits per heavy atom. The molecule has 0 amide bonds. The van der Waals surface area contributed by atoms with E-state index in [4.69, 9.17) is 5.73 Å². The molecule has 0 heterocycles. The number of nitro benzene ring substituents is 1. The Balaban J connectivity index is 2.30. The van der Waals surface area contributed by atoms with Crippen LogP contribution in [-0.4, -0.2) is 30.7 Å². The Hall–Kier alpha value is -1.67. The van der Waals surface area contributed by atoms with Crippen LogP contribution >= 0.6 is 0 Å². The van der Waals surface area contributed by atoms with Crippen LogP contribution < -0.4 is 5.73 Å². The lowest BCUT2D eigenvalue weighted by molar-refractivity contribution is -0.383. The van der Waals surface area contributed by atoms with Gasteiger partial charge in [0, 0.05) is 19.2 Å². The first-order valence-electron chi connectivity index (χ1n) is 6.86. The minimum atomic E-state index is -3.67. The smallest absolute Gasteiger partial charge is 0.292 e. The van der Waals surface area contributed by atoms with Crippen LogP contribution in [0.2, 0.25) is 0 Å². The third-order valence-corrected chi connectivity index (χ3v) is 5.87. The molecule has 1 aliphatic carbocycles. The number of nitrogen functional groups attached to an aromatic ring is 1. The summed E-state index contributed by atoms with van der Waals surface area (Å²) in [4.78, 5) is 10.1. The molecule has 1 saturated carbocycles. The summed E-state index contributed by atoms with van der Waals surface area (Å²) in [6.07, 6.45) is 4.87. The molecule has 1 aromatic rings. The van der Waals surface area contributed by atoms with Crippen LogP contribution in [0.25, 0.3) is 0 Å². The molecule has 1 aromatic carbocycles. The molecule has 2 rings (SSSR count). The number of nitrogens with two attached hydrogens (primary N) is 1. The number of rotatable bonds is 4. The van der Waals surface area contributed by atoms with E-state index in [2.05, 4.69) is 0 Å². The third-order valence-electron chi connectivity index (χ3n) is 3.96. The number of nitrogens with zero attached hydrogens (tertiary/aromatic N) is 2. The summed E-state index contributed by atoms with van der Waals surface area (Å²) in [6.45, 7) is 0. The Morgan fingerprint density at radius 1 is 1.29 bits per heavy atom. The molecular weight excluding hydrogens is 294 g/mol. The molecule has 0 spiro atoms. The van der Waals surface area contributed by atoms with Gasteiger partial charge in [0.25, 0.3) is 5.69 Å². The molecule has 1 aliphatic rings. The summed E-state index contributed by atoms with van der Waals surface area (Å²) < 4.78 is 26.5. The highest BCUT2D eigenvalue weighted by Crippen LogP contribution is 2.29. The SMILES string of the molecule is CN(C1CCCCC1)S(=O)(=O)c1ccc([N+](=O)[O-])c(N)c1. The Kier molecular flexibility index (Phi) is 4.48. The van der Waals surface area contributed by atoms with E-state index in [0.29, 0.717) is 0 Å². The first-order chi connectivity index (χ1) is 9.84. The van der Waals surface area contributed by atoms with Crippen molar-refractivity contribution in [2.75, 3.05) is 12.8 Å². The highest BCUT2D eigenvalue weighted by molar-refractivity contribution is 7.89. The summed E-state index contributed by atoms with van der Waals surface area (Å²) in [5.41, 5.74) is 5.15. The first-order valence-corrected chi connectivity index (χ1v) is 8.30. The van der Waals surface area contributed by atoms with Gasteiger partial charge in [-0.15, -0.1) is 0 Å². The van der Waals surface area contributed by atoms with Crippen molar-refractivity contribution in [3.05, 3.63) is 28.3 Å². The molecule has 21 heavy (non-hydrogen) atoms. The van der Waals surface area contributed by atoms with E-state index in [0.717, 1.165) is 44.2 Å². The fourth-order valence-electron chi connectivity index (χ4n) is 2.67. The Morgan fingerprint density at radius 2 is 1.90 bits per heavy atom. The van der Waals surface area contributed by atoms with E-state index in [1.165, 1.54) is 10.4 Å². The summed E-state index contributed by atoms with van der Waals surface area (Å²) >= 11 is 0. The second-order valence-electron chi connectivity index (χ2n) is 5.29.